The number of fused-ring (bicyclic) bond motifs is 1. The van der Waals surface area contributed by atoms with Crippen LogP contribution in [0.15, 0.2) is 60.2 Å². The van der Waals surface area contributed by atoms with E-state index in [0.717, 1.165) is 4.96 Å². The van der Waals surface area contributed by atoms with Crippen LogP contribution in [-0.2, 0) is 0 Å². The summed E-state index contributed by atoms with van der Waals surface area (Å²) in [5.74, 6) is -0.613. The van der Waals surface area contributed by atoms with Gasteiger partial charge in [0, 0.05) is 34.4 Å². The molecular weight excluding hydrogens is 388 g/mol. The zero-order chi connectivity index (χ0) is 19.0. The van der Waals surface area contributed by atoms with Crippen molar-refractivity contribution < 1.29 is 9.72 Å². The predicted molar refractivity (Wildman–Crippen MR) is 105 cm³/mol. The van der Waals surface area contributed by atoms with Crippen molar-refractivity contribution in [3.8, 4) is 11.3 Å². The first-order valence-corrected chi connectivity index (χ1v) is 9.05. The van der Waals surface area contributed by atoms with Crippen LogP contribution in [0.3, 0.4) is 0 Å². The van der Waals surface area contributed by atoms with Crippen molar-refractivity contribution in [2.75, 3.05) is 5.32 Å². The summed E-state index contributed by atoms with van der Waals surface area (Å²) in [5, 5.41) is 16.1. The Hall–Kier alpha value is -3.23. The summed E-state index contributed by atoms with van der Waals surface area (Å²) < 4.78 is 1.89. The molecule has 7 nitrogen and oxygen atoms in total. The van der Waals surface area contributed by atoms with Gasteiger partial charge in [0.05, 0.1) is 16.3 Å². The standard InChI is InChI=1S/C18H11ClN4O3S/c19-11-5-6-16(23(25)26)13(9-11)17(24)20-14-4-2-1-3-12(14)15-10-22-7-8-27-18(22)21-15/h1-10H,(H,20,24). The van der Waals surface area contributed by atoms with Gasteiger partial charge in [0.2, 0.25) is 0 Å². The Morgan fingerprint density at radius 2 is 2.07 bits per heavy atom. The van der Waals surface area contributed by atoms with E-state index in [-0.39, 0.29) is 16.3 Å². The topological polar surface area (TPSA) is 89.5 Å². The van der Waals surface area contributed by atoms with Crippen LogP contribution >= 0.6 is 22.9 Å². The molecular formula is C18H11ClN4O3S. The number of carbonyl (C=O) groups is 1. The summed E-state index contributed by atoms with van der Waals surface area (Å²) in [6, 6.07) is 11.0. The van der Waals surface area contributed by atoms with Gasteiger partial charge in [0.25, 0.3) is 11.6 Å². The lowest BCUT2D eigenvalue weighted by atomic mass is 10.1. The number of aromatic nitrogens is 2. The second-order valence-electron chi connectivity index (χ2n) is 5.64. The molecule has 0 aliphatic heterocycles. The molecule has 1 N–H and O–H groups in total. The molecule has 0 aliphatic carbocycles. The molecule has 1 amide bonds. The van der Waals surface area contributed by atoms with Crippen LogP contribution in [0.2, 0.25) is 5.02 Å². The van der Waals surface area contributed by atoms with Gasteiger partial charge < -0.3 is 5.32 Å². The van der Waals surface area contributed by atoms with Crippen LogP contribution in [0.5, 0.6) is 0 Å². The molecule has 0 radical (unpaired) electrons. The van der Waals surface area contributed by atoms with Gasteiger partial charge in [-0.1, -0.05) is 29.8 Å². The van der Waals surface area contributed by atoms with E-state index < -0.39 is 10.8 Å². The maximum atomic E-state index is 12.7. The monoisotopic (exact) mass is 398 g/mol. The highest BCUT2D eigenvalue weighted by Crippen LogP contribution is 2.30. The molecule has 0 spiro atoms. The maximum absolute atomic E-state index is 12.7. The van der Waals surface area contributed by atoms with Gasteiger partial charge in [-0.3, -0.25) is 19.3 Å². The molecule has 2 aromatic heterocycles. The van der Waals surface area contributed by atoms with Crippen LogP contribution in [-0.4, -0.2) is 20.2 Å². The fourth-order valence-corrected chi connectivity index (χ4v) is 3.58. The number of imidazole rings is 1. The minimum atomic E-state index is -0.613. The largest absolute Gasteiger partial charge is 0.321 e. The Bertz CT molecular complexity index is 1160. The highest BCUT2D eigenvalue weighted by atomic mass is 35.5. The van der Waals surface area contributed by atoms with Gasteiger partial charge in [0.1, 0.15) is 5.56 Å². The first-order valence-electron chi connectivity index (χ1n) is 7.80. The number of carbonyl (C=O) groups excluding carboxylic acids is 1. The van der Waals surface area contributed by atoms with Crippen molar-refractivity contribution in [3.05, 3.63) is 80.9 Å². The molecule has 0 saturated heterocycles. The number of rotatable bonds is 4. The van der Waals surface area contributed by atoms with Crippen molar-refractivity contribution in [3.63, 3.8) is 0 Å². The van der Waals surface area contributed by atoms with Crippen molar-refractivity contribution in [2.24, 2.45) is 0 Å². The maximum Gasteiger partial charge on any atom is 0.282 e. The smallest absolute Gasteiger partial charge is 0.282 e. The molecule has 0 fully saturated rings. The van der Waals surface area contributed by atoms with Crippen molar-refractivity contribution >= 4 is 45.2 Å². The summed E-state index contributed by atoms with van der Waals surface area (Å²) in [6.45, 7) is 0. The van der Waals surface area contributed by atoms with Gasteiger partial charge in [-0.2, -0.15) is 0 Å². The number of anilines is 1. The molecule has 4 aromatic rings. The van der Waals surface area contributed by atoms with Crippen LogP contribution in [0, 0.1) is 10.1 Å². The summed E-state index contributed by atoms with van der Waals surface area (Å²) in [5.41, 5.74) is 1.50. The normalized spacial score (nSPS) is 10.9. The summed E-state index contributed by atoms with van der Waals surface area (Å²) in [4.78, 5) is 28.7. The van der Waals surface area contributed by atoms with E-state index in [4.69, 9.17) is 11.6 Å². The van der Waals surface area contributed by atoms with Crippen LogP contribution in [0.25, 0.3) is 16.2 Å². The van der Waals surface area contributed by atoms with Crippen molar-refractivity contribution in [1.82, 2.24) is 9.38 Å². The van der Waals surface area contributed by atoms with Gasteiger partial charge in [0.15, 0.2) is 4.96 Å². The molecule has 2 heterocycles. The van der Waals surface area contributed by atoms with E-state index >= 15 is 0 Å². The van der Waals surface area contributed by atoms with Gasteiger partial charge >= 0.3 is 0 Å². The number of benzene rings is 2. The Balaban J connectivity index is 1.72. The lowest BCUT2D eigenvalue weighted by Crippen LogP contribution is -2.14. The van der Waals surface area contributed by atoms with E-state index in [2.05, 4.69) is 10.3 Å². The fraction of sp³-hybridized carbons (Fsp3) is 0. The van der Waals surface area contributed by atoms with Gasteiger partial charge in [-0.15, -0.1) is 11.3 Å². The molecule has 4 rings (SSSR count). The molecule has 0 aliphatic rings. The minimum absolute atomic E-state index is 0.104. The number of thiazole rings is 1. The predicted octanol–water partition coefficient (Wildman–Crippen LogP) is 4.88. The van der Waals surface area contributed by atoms with E-state index in [0.29, 0.717) is 16.9 Å². The molecule has 9 heteroatoms. The van der Waals surface area contributed by atoms with Crippen LogP contribution in [0.1, 0.15) is 10.4 Å². The quantitative estimate of drug-likeness (QED) is 0.392. The number of para-hydroxylation sites is 1. The number of hydrogen-bond acceptors (Lipinski definition) is 5. The molecule has 0 unspecified atom stereocenters. The third-order valence-corrected chi connectivity index (χ3v) is 4.95. The Morgan fingerprint density at radius 1 is 1.26 bits per heavy atom. The molecule has 0 atom stereocenters. The lowest BCUT2D eigenvalue weighted by molar-refractivity contribution is -0.385. The average molecular weight is 399 g/mol. The number of nitro groups is 1. The summed E-state index contributed by atoms with van der Waals surface area (Å²) in [7, 11) is 0. The molecule has 27 heavy (non-hydrogen) atoms. The van der Waals surface area contributed by atoms with E-state index in [9.17, 15) is 14.9 Å². The first kappa shape index (κ1) is 17.2. The zero-order valence-corrected chi connectivity index (χ0v) is 15.2. The number of nitrogens with zero attached hydrogens (tertiary/aromatic N) is 3. The SMILES string of the molecule is O=C(Nc1ccccc1-c1cn2ccsc2n1)c1cc(Cl)ccc1[N+](=O)[O-]. The Morgan fingerprint density at radius 3 is 2.85 bits per heavy atom. The third kappa shape index (κ3) is 3.27. The van der Waals surface area contributed by atoms with Crippen molar-refractivity contribution in [2.45, 2.75) is 0 Å². The minimum Gasteiger partial charge on any atom is -0.321 e. The molecule has 0 saturated carbocycles. The number of halogens is 1. The van der Waals surface area contributed by atoms with Crippen LogP contribution < -0.4 is 5.32 Å². The zero-order valence-electron chi connectivity index (χ0n) is 13.6. The number of hydrogen-bond donors (Lipinski definition) is 1. The summed E-state index contributed by atoms with van der Waals surface area (Å²) >= 11 is 7.42. The highest BCUT2D eigenvalue weighted by molar-refractivity contribution is 7.15. The first-order chi connectivity index (χ1) is 13.0. The second-order valence-corrected chi connectivity index (χ2v) is 6.95. The van der Waals surface area contributed by atoms with Gasteiger partial charge in [-0.25, -0.2) is 4.98 Å². The highest BCUT2D eigenvalue weighted by Gasteiger charge is 2.21. The number of amides is 1. The second kappa shape index (κ2) is 6.82. The number of nitrogens with one attached hydrogen (secondary N) is 1. The average Bonchev–Trinajstić information content (AvgIpc) is 3.23. The van der Waals surface area contributed by atoms with Crippen molar-refractivity contribution in [1.29, 1.82) is 0 Å². The molecule has 134 valence electrons. The van der Waals surface area contributed by atoms with Crippen LogP contribution in [0.4, 0.5) is 11.4 Å². The summed E-state index contributed by atoms with van der Waals surface area (Å²) in [6.07, 6.45) is 3.76. The third-order valence-electron chi connectivity index (χ3n) is 3.94. The molecule has 0 bridgehead atoms. The Labute approximate surface area is 162 Å². The lowest BCUT2D eigenvalue weighted by Gasteiger charge is -2.10. The fourth-order valence-electron chi connectivity index (χ4n) is 2.71. The van der Waals surface area contributed by atoms with E-state index in [1.165, 1.54) is 29.5 Å². The van der Waals surface area contributed by atoms with E-state index in [1.807, 2.05) is 34.3 Å². The van der Waals surface area contributed by atoms with E-state index in [1.54, 1.807) is 12.1 Å². The Kier molecular flexibility index (Phi) is 4.35. The molecule has 2 aromatic carbocycles. The van der Waals surface area contributed by atoms with Gasteiger partial charge in [-0.05, 0) is 18.2 Å². The number of nitro benzene ring substituents is 1.